The Bertz CT molecular complexity index is 1070. The molecule has 0 aliphatic carbocycles. The number of esters is 1. The molecule has 1 heterocycles. The van der Waals surface area contributed by atoms with Crippen molar-refractivity contribution in [2.75, 3.05) is 13.7 Å². The van der Waals surface area contributed by atoms with Crippen LogP contribution < -0.4 is 9.47 Å². The quantitative estimate of drug-likeness (QED) is 0.166. The Hall–Kier alpha value is -3.68. The number of rotatable bonds is 10. The summed E-state index contributed by atoms with van der Waals surface area (Å²) >= 11 is 0. The number of nitrogens with zero attached hydrogens (tertiary/aromatic N) is 2. The molecule has 2 aromatic carbocycles. The van der Waals surface area contributed by atoms with Gasteiger partial charge in [0.1, 0.15) is 0 Å². The summed E-state index contributed by atoms with van der Waals surface area (Å²) in [4.78, 5) is 27.1. The Morgan fingerprint density at radius 1 is 1.12 bits per heavy atom. The van der Waals surface area contributed by atoms with E-state index in [9.17, 15) is 14.9 Å². The molecule has 8 heteroatoms. The first-order valence-corrected chi connectivity index (χ1v) is 10.5. The molecule has 0 amide bonds. The molecule has 2 aromatic rings. The van der Waals surface area contributed by atoms with E-state index in [-0.39, 0.29) is 17.3 Å². The van der Waals surface area contributed by atoms with Gasteiger partial charge < -0.3 is 14.2 Å². The normalized spacial score (nSPS) is 14.3. The monoisotopic (exact) mass is 438 g/mol. The molecule has 0 radical (unpaired) electrons. The van der Waals surface area contributed by atoms with Gasteiger partial charge in [-0.05, 0) is 49.2 Å². The van der Waals surface area contributed by atoms with Crippen molar-refractivity contribution in [2.24, 2.45) is 4.99 Å². The summed E-state index contributed by atoms with van der Waals surface area (Å²) in [6.45, 7) is 4.40. The minimum atomic E-state index is -0.591. The van der Waals surface area contributed by atoms with Crippen LogP contribution in [0.25, 0.3) is 6.08 Å². The molecule has 0 saturated carbocycles. The highest BCUT2D eigenvalue weighted by atomic mass is 16.6. The molecule has 0 atom stereocenters. The smallest absolute Gasteiger partial charge is 0.363 e. The number of aliphatic imine (C=N–C) groups is 1. The highest BCUT2D eigenvalue weighted by molar-refractivity contribution is 6.13. The molecule has 0 spiro atoms. The van der Waals surface area contributed by atoms with Crippen molar-refractivity contribution in [3.63, 3.8) is 0 Å². The molecular formula is C24H26N2O6. The van der Waals surface area contributed by atoms with Crippen LogP contribution in [0.3, 0.4) is 0 Å². The van der Waals surface area contributed by atoms with Crippen molar-refractivity contribution in [2.45, 2.75) is 39.5 Å². The van der Waals surface area contributed by atoms with E-state index < -0.39 is 10.9 Å². The van der Waals surface area contributed by atoms with Crippen LogP contribution in [-0.2, 0) is 9.53 Å². The predicted molar refractivity (Wildman–Crippen MR) is 121 cm³/mol. The minimum Gasteiger partial charge on any atom is -0.493 e. The number of nitro groups is 1. The van der Waals surface area contributed by atoms with Crippen LogP contribution in [0.4, 0.5) is 5.69 Å². The maximum absolute atomic E-state index is 12.3. The first-order valence-electron chi connectivity index (χ1n) is 10.5. The zero-order valence-electron chi connectivity index (χ0n) is 18.4. The Labute approximate surface area is 186 Å². The highest BCUT2D eigenvalue weighted by Crippen LogP contribution is 2.30. The number of methoxy groups -OCH3 is 1. The van der Waals surface area contributed by atoms with Gasteiger partial charge in [0.05, 0.1) is 18.6 Å². The van der Waals surface area contributed by atoms with E-state index in [0.717, 1.165) is 12.8 Å². The van der Waals surface area contributed by atoms with Gasteiger partial charge in [0.25, 0.3) is 5.69 Å². The number of cyclic esters (lactones) is 1. The summed E-state index contributed by atoms with van der Waals surface area (Å²) in [5, 5.41) is 11.0. The van der Waals surface area contributed by atoms with Crippen molar-refractivity contribution in [3.05, 3.63) is 68.9 Å². The molecule has 0 aromatic heterocycles. The van der Waals surface area contributed by atoms with E-state index in [1.54, 1.807) is 38.3 Å². The zero-order valence-corrected chi connectivity index (χ0v) is 18.4. The number of hydrogen-bond acceptors (Lipinski definition) is 7. The van der Waals surface area contributed by atoms with Crippen LogP contribution in [0, 0.1) is 17.0 Å². The first kappa shape index (κ1) is 23.0. The lowest BCUT2D eigenvalue weighted by molar-refractivity contribution is -0.385. The van der Waals surface area contributed by atoms with E-state index in [0.29, 0.717) is 34.8 Å². The van der Waals surface area contributed by atoms with Crippen molar-refractivity contribution in [1.29, 1.82) is 0 Å². The van der Waals surface area contributed by atoms with E-state index in [1.165, 1.54) is 25.0 Å². The maximum Gasteiger partial charge on any atom is 0.363 e. The second-order valence-electron chi connectivity index (χ2n) is 7.41. The lowest BCUT2D eigenvalue weighted by Crippen LogP contribution is -2.06. The topological polar surface area (TPSA) is 100 Å². The van der Waals surface area contributed by atoms with Gasteiger partial charge in [-0.1, -0.05) is 32.3 Å². The average molecular weight is 438 g/mol. The fourth-order valence-electron chi connectivity index (χ4n) is 3.29. The second kappa shape index (κ2) is 10.6. The minimum absolute atomic E-state index is 0.00536. The first-order chi connectivity index (χ1) is 15.4. The highest BCUT2D eigenvalue weighted by Gasteiger charge is 2.25. The molecule has 32 heavy (non-hydrogen) atoms. The van der Waals surface area contributed by atoms with Crippen molar-refractivity contribution < 1.29 is 23.9 Å². The summed E-state index contributed by atoms with van der Waals surface area (Å²) in [6, 6.07) is 9.84. The Morgan fingerprint density at radius 3 is 2.62 bits per heavy atom. The van der Waals surface area contributed by atoms with E-state index >= 15 is 0 Å². The Morgan fingerprint density at radius 2 is 1.94 bits per heavy atom. The molecule has 0 unspecified atom stereocenters. The summed E-state index contributed by atoms with van der Waals surface area (Å²) in [6.07, 6.45) is 6.06. The van der Waals surface area contributed by atoms with Crippen LogP contribution in [0.1, 0.15) is 49.3 Å². The van der Waals surface area contributed by atoms with Crippen LogP contribution in [0.5, 0.6) is 11.5 Å². The third kappa shape index (κ3) is 5.51. The van der Waals surface area contributed by atoms with Gasteiger partial charge in [0.2, 0.25) is 5.90 Å². The fraction of sp³-hybridized carbons (Fsp3) is 0.333. The number of unbranched alkanes of at least 4 members (excludes halogenated alkanes) is 3. The van der Waals surface area contributed by atoms with Gasteiger partial charge >= 0.3 is 5.97 Å². The largest absolute Gasteiger partial charge is 0.493 e. The van der Waals surface area contributed by atoms with Gasteiger partial charge in [-0.2, -0.15) is 0 Å². The number of nitro benzene ring substituents is 1. The van der Waals surface area contributed by atoms with Crippen LogP contribution >= 0.6 is 0 Å². The number of carbonyl (C=O) groups is 1. The van der Waals surface area contributed by atoms with Crippen molar-refractivity contribution in [3.8, 4) is 11.5 Å². The third-order valence-corrected chi connectivity index (χ3v) is 5.01. The molecule has 0 N–H and O–H groups in total. The van der Waals surface area contributed by atoms with Crippen LogP contribution in [-0.4, -0.2) is 30.5 Å². The molecule has 0 saturated heterocycles. The lowest BCUT2D eigenvalue weighted by Gasteiger charge is -2.11. The van der Waals surface area contributed by atoms with E-state index in [2.05, 4.69) is 11.9 Å². The van der Waals surface area contributed by atoms with Crippen molar-refractivity contribution >= 4 is 23.6 Å². The van der Waals surface area contributed by atoms with Crippen LogP contribution in [0.2, 0.25) is 0 Å². The van der Waals surface area contributed by atoms with Gasteiger partial charge in [-0.15, -0.1) is 0 Å². The van der Waals surface area contributed by atoms with Gasteiger partial charge in [0, 0.05) is 17.2 Å². The number of ether oxygens (including phenoxy) is 3. The van der Waals surface area contributed by atoms with Crippen molar-refractivity contribution in [1.82, 2.24) is 0 Å². The molecule has 1 aliphatic heterocycles. The third-order valence-electron chi connectivity index (χ3n) is 5.01. The van der Waals surface area contributed by atoms with E-state index in [4.69, 9.17) is 14.2 Å². The number of aryl methyl sites for hydroxylation is 1. The summed E-state index contributed by atoms with van der Waals surface area (Å²) in [5.41, 5.74) is 1.78. The molecule has 168 valence electrons. The molecular weight excluding hydrogens is 412 g/mol. The van der Waals surface area contributed by atoms with Crippen LogP contribution in [0.15, 0.2) is 47.1 Å². The predicted octanol–water partition coefficient (Wildman–Crippen LogP) is 5.22. The summed E-state index contributed by atoms with van der Waals surface area (Å²) in [7, 11) is 1.56. The standard InChI is InChI=1S/C24H26N2O6/c1-4-5-6-7-12-31-21-11-8-17(15-22(21)30-3)14-19-24(27)32-23(25-19)18-9-10-20(26(28)29)16(2)13-18/h8-11,13-15H,4-7,12H2,1-3H3. The number of hydrogen-bond donors (Lipinski definition) is 0. The molecule has 3 rings (SSSR count). The molecule has 8 nitrogen and oxygen atoms in total. The fourth-order valence-corrected chi connectivity index (χ4v) is 3.29. The van der Waals surface area contributed by atoms with Gasteiger partial charge in [-0.25, -0.2) is 9.79 Å². The summed E-state index contributed by atoms with van der Waals surface area (Å²) in [5.74, 6) is 0.728. The summed E-state index contributed by atoms with van der Waals surface area (Å²) < 4.78 is 16.5. The molecule has 1 aliphatic rings. The Balaban J connectivity index is 1.77. The average Bonchev–Trinajstić information content (AvgIpc) is 3.14. The number of benzene rings is 2. The van der Waals surface area contributed by atoms with Gasteiger partial charge in [0.15, 0.2) is 17.2 Å². The maximum atomic E-state index is 12.3. The number of carbonyl (C=O) groups excluding carboxylic acids is 1. The van der Waals surface area contributed by atoms with Gasteiger partial charge in [-0.3, -0.25) is 10.1 Å². The lowest BCUT2D eigenvalue weighted by atomic mass is 10.1. The molecule has 0 bridgehead atoms. The second-order valence-corrected chi connectivity index (χ2v) is 7.41. The van der Waals surface area contributed by atoms with E-state index in [1.807, 2.05) is 6.07 Å². The zero-order chi connectivity index (χ0) is 23.1. The molecule has 0 fully saturated rings. The Kier molecular flexibility index (Phi) is 7.59. The SMILES string of the molecule is CCCCCCOc1ccc(C=C2N=C(c3ccc([N+](=O)[O-])c(C)c3)OC2=O)cc1OC.